The van der Waals surface area contributed by atoms with E-state index in [0.29, 0.717) is 22.6 Å². The predicted molar refractivity (Wildman–Crippen MR) is 100.0 cm³/mol. The van der Waals surface area contributed by atoms with Gasteiger partial charge in [0.05, 0.1) is 14.2 Å². The van der Waals surface area contributed by atoms with Crippen LogP contribution in [0.15, 0.2) is 42.5 Å². The van der Waals surface area contributed by atoms with Crippen LogP contribution in [0.25, 0.3) is 0 Å². The molecule has 4 nitrogen and oxygen atoms in total. The Kier molecular flexibility index (Phi) is 8.40. The van der Waals surface area contributed by atoms with Crippen LogP contribution in [0.3, 0.4) is 0 Å². The maximum absolute atomic E-state index is 12.3. The molecule has 0 saturated carbocycles. The highest BCUT2D eigenvalue weighted by atomic mass is 16.5. The molecule has 0 bridgehead atoms. The first-order valence-electron chi connectivity index (χ1n) is 8.40. The van der Waals surface area contributed by atoms with E-state index in [-0.39, 0.29) is 24.4 Å². The number of ether oxygens (including phenoxy) is 2. The molecule has 2 aromatic rings. The molecule has 0 spiro atoms. The molecular weight excluding hydrogens is 316 g/mol. The zero-order valence-corrected chi connectivity index (χ0v) is 15.6. The van der Waals surface area contributed by atoms with E-state index in [2.05, 4.69) is 0 Å². The fourth-order valence-corrected chi connectivity index (χ4v) is 2.26. The summed E-state index contributed by atoms with van der Waals surface area (Å²) in [4.78, 5) is 24.4. The monoisotopic (exact) mass is 342 g/mol. The second-order valence-electron chi connectivity index (χ2n) is 5.28. The van der Waals surface area contributed by atoms with Crippen molar-refractivity contribution in [3.05, 3.63) is 59.2 Å². The fourth-order valence-electron chi connectivity index (χ4n) is 2.26. The van der Waals surface area contributed by atoms with E-state index in [9.17, 15) is 9.59 Å². The van der Waals surface area contributed by atoms with Crippen LogP contribution in [0, 0.1) is 6.92 Å². The van der Waals surface area contributed by atoms with Crippen LogP contribution in [0.4, 0.5) is 0 Å². The maximum atomic E-state index is 12.3. The Labute approximate surface area is 149 Å². The Balaban J connectivity index is 0.00000151. The maximum Gasteiger partial charge on any atom is 0.163 e. The molecule has 134 valence electrons. The molecule has 0 aliphatic carbocycles. The molecule has 0 aromatic heterocycles. The largest absolute Gasteiger partial charge is 0.493 e. The number of aryl methyl sites for hydroxylation is 1. The van der Waals surface area contributed by atoms with Crippen molar-refractivity contribution in [2.75, 3.05) is 14.2 Å². The van der Waals surface area contributed by atoms with E-state index in [4.69, 9.17) is 9.47 Å². The molecule has 0 unspecified atom stereocenters. The van der Waals surface area contributed by atoms with E-state index in [1.165, 1.54) is 7.11 Å². The molecule has 0 N–H and O–H groups in total. The minimum Gasteiger partial charge on any atom is -0.493 e. The third kappa shape index (κ3) is 5.75. The summed E-state index contributed by atoms with van der Waals surface area (Å²) < 4.78 is 10.3. The van der Waals surface area contributed by atoms with Gasteiger partial charge in [-0.15, -0.1) is 0 Å². The van der Waals surface area contributed by atoms with Gasteiger partial charge < -0.3 is 9.47 Å². The smallest absolute Gasteiger partial charge is 0.163 e. The SMILES string of the molecule is CC.COc1ccc(C(=O)CCC(=O)c2ccc(C)cc2)cc1OC. The summed E-state index contributed by atoms with van der Waals surface area (Å²) in [6.07, 6.45) is 0.360. The molecule has 2 rings (SSSR count). The zero-order valence-electron chi connectivity index (χ0n) is 15.6. The van der Waals surface area contributed by atoms with Crippen molar-refractivity contribution in [2.24, 2.45) is 0 Å². The molecule has 4 heteroatoms. The first-order chi connectivity index (χ1) is 12.0. The Morgan fingerprint density at radius 1 is 0.760 bits per heavy atom. The van der Waals surface area contributed by atoms with Gasteiger partial charge in [-0.25, -0.2) is 0 Å². The van der Waals surface area contributed by atoms with Crippen LogP contribution in [0.5, 0.6) is 11.5 Å². The quantitative estimate of drug-likeness (QED) is 0.673. The summed E-state index contributed by atoms with van der Waals surface area (Å²) in [6, 6.07) is 12.4. The van der Waals surface area contributed by atoms with Crippen LogP contribution in [0.2, 0.25) is 0 Å². The van der Waals surface area contributed by atoms with Crippen LogP contribution in [-0.4, -0.2) is 25.8 Å². The van der Waals surface area contributed by atoms with Crippen molar-refractivity contribution in [3.8, 4) is 11.5 Å². The predicted octanol–water partition coefficient (Wildman–Crippen LogP) is 4.88. The van der Waals surface area contributed by atoms with E-state index < -0.39 is 0 Å². The first kappa shape index (κ1) is 20.4. The van der Waals surface area contributed by atoms with Gasteiger partial charge in [0.15, 0.2) is 23.1 Å². The summed E-state index contributed by atoms with van der Waals surface area (Å²) in [5, 5.41) is 0. The molecule has 0 fully saturated rings. The molecule has 0 radical (unpaired) electrons. The summed E-state index contributed by atoms with van der Waals surface area (Å²) >= 11 is 0. The summed E-state index contributed by atoms with van der Waals surface area (Å²) in [5.74, 6) is 0.952. The van der Waals surface area contributed by atoms with Crippen molar-refractivity contribution >= 4 is 11.6 Å². The van der Waals surface area contributed by atoms with Gasteiger partial charge in [-0.05, 0) is 25.1 Å². The number of Topliss-reactive ketones (excluding diaryl/α,β-unsaturated/α-hetero) is 2. The number of hydrogen-bond acceptors (Lipinski definition) is 4. The molecular formula is C21H26O4. The second kappa shape index (κ2) is 10.3. The van der Waals surface area contributed by atoms with Gasteiger partial charge in [-0.3, -0.25) is 9.59 Å². The van der Waals surface area contributed by atoms with E-state index in [0.717, 1.165) is 5.56 Å². The number of carbonyl (C=O) groups excluding carboxylic acids is 2. The number of rotatable bonds is 7. The lowest BCUT2D eigenvalue weighted by molar-refractivity contribution is 0.0917. The van der Waals surface area contributed by atoms with Gasteiger partial charge in [0.25, 0.3) is 0 Å². The summed E-state index contributed by atoms with van der Waals surface area (Å²) in [5.41, 5.74) is 2.25. The van der Waals surface area contributed by atoms with Crippen molar-refractivity contribution in [2.45, 2.75) is 33.6 Å². The molecule has 0 aliphatic heterocycles. The third-order valence-electron chi connectivity index (χ3n) is 3.66. The van der Waals surface area contributed by atoms with Gasteiger partial charge in [0.1, 0.15) is 0 Å². The summed E-state index contributed by atoms with van der Waals surface area (Å²) in [6.45, 7) is 5.97. The fraction of sp³-hybridized carbons (Fsp3) is 0.333. The van der Waals surface area contributed by atoms with Gasteiger partial charge in [0, 0.05) is 24.0 Å². The van der Waals surface area contributed by atoms with Gasteiger partial charge >= 0.3 is 0 Å². The van der Waals surface area contributed by atoms with Crippen molar-refractivity contribution in [3.63, 3.8) is 0 Å². The molecule has 0 saturated heterocycles. The number of methoxy groups -OCH3 is 2. The Morgan fingerprint density at radius 3 is 1.76 bits per heavy atom. The topological polar surface area (TPSA) is 52.6 Å². The minimum absolute atomic E-state index is 0.0289. The lowest BCUT2D eigenvalue weighted by Crippen LogP contribution is -2.06. The van der Waals surface area contributed by atoms with Crippen LogP contribution in [-0.2, 0) is 0 Å². The number of carbonyl (C=O) groups is 2. The van der Waals surface area contributed by atoms with Gasteiger partial charge in [-0.1, -0.05) is 43.7 Å². The lowest BCUT2D eigenvalue weighted by atomic mass is 10.0. The molecule has 25 heavy (non-hydrogen) atoms. The zero-order chi connectivity index (χ0) is 18.8. The Hall–Kier alpha value is -2.62. The number of benzene rings is 2. The van der Waals surface area contributed by atoms with Crippen LogP contribution < -0.4 is 9.47 Å². The van der Waals surface area contributed by atoms with Crippen molar-refractivity contribution in [1.29, 1.82) is 0 Å². The molecule has 0 amide bonds. The van der Waals surface area contributed by atoms with E-state index in [1.54, 1.807) is 37.4 Å². The molecule has 0 heterocycles. The van der Waals surface area contributed by atoms with Crippen molar-refractivity contribution in [1.82, 2.24) is 0 Å². The minimum atomic E-state index is -0.0913. The normalized spacial score (nSPS) is 9.64. The van der Waals surface area contributed by atoms with Crippen LogP contribution in [0.1, 0.15) is 53.0 Å². The Bertz CT molecular complexity index is 702. The van der Waals surface area contributed by atoms with Crippen molar-refractivity contribution < 1.29 is 19.1 Å². The third-order valence-corrected chi connectivity index (χ3v) is 3.66. The first-order valence-corrected chi connectivity index (χ1v) is 8.40. The highest BCUT2D eigenvalue weighted by molar-refractivity contribution is 6.02. The van der Waals surface area contributed by atoms with Gasteiger partial charge in [0.2, 0.25) is 0 Å². The second-order valence-corrected chi connectivity index (χ2v) is 5.28. The highest BCUT2D eigenvalue weighted by Gasteiger charge is 2.13. The van der Waals surface area contributed by atoms with E-state index in [1.807, 2.05) is 32.9 Å². The summed E-state index contributed by atoms with van der Waals surface area (Å²) in [7, 11) is 3.06. The average molecular weight is 342 g/mol. The number of hydrogen-bond donors (Lipinski definition) is 0. The molecule has 0 atom stereocenters. The Morgan fingerprint density at radius 2 is 1.24 bits per heavy atom. The lowest BCUT2D eigenvalue weighted by Gasteiger charge is -2.09. The highest BCUT2D eigenvalue weighted by Crippen LogP contribution is 2.28. The van der Waals surface area contributed by atoms with Gasteiger partial charge in [-0.2, -0.15) is 0 Å². The average Bonchev–Trinajstić information content (AvgIpc) is 2.67. The molecule has 0 aliphatic rings. The standard InChI is InChI=1S/C19H20O4.C2H6/c1-13-4-6-14(7-5-13)16(20)9-10-17(21)15-8-11-18(22-2)19(12-15)23-3;1-2/h4-8,11-12H,9-10H2,1-3H3;1-2H3. The van der Waals surface area contributed by atoms with Crippen LogP contribution >= 0.6 is 0 Å². The number of ketones is 2. The molecule has 2 aromatic carbocycles. The van der Waals surface area contributed by atoms with E-state index >= 15 is 0 Å².